The molecule has 3 nitrogen and oxygen atoms in total. The summed E-state index contributed by atoms with van der Waals surface area (Å²) in [4.78, 5) is 0. The van der Waals surface area contributed by atoms with E-state index in [9.17, 15) is 0 Å². The molecule has 1 aliphatic carbocycles. The molecule has 0 radical (unpaired) electrons. The number of rotatable bonds is 1. The molecule has 1 saturated carbocycles. The van der Waals surface area contributed by atoms with Crippen LogP contribution in [0.1, 0.15) is 39.5 Å². The second-order valence-corrected chi connectivity index (χ2v) is 5.72. The molecule has 2 rings (SSSR count). The van der Waals surface area contributed by atoms with E-state index in [1.165, 1.54) is 0 Å². The fourth-order valence-corrected chi connectivity index (χ4v) is 2.37. The lowest BCUT2D eigenvalue weighted by Crippen LogP contribution is -2.51. The molecule has 0 unspecified atom stereocenters. The van der Waals surface area contributed by atoms with Gasteiger partial charge in [-0.05, 0) is 19.9 Å². The fourth-order valence-electron chi connectivity index (χ4n) is 2.37. The van der Waals surface area contributed by atoms with Crippen molar-refractivity contribution in [1.29, 1.82) is 0 Å². The van der Waals surface area contributed by atoms with Gasteiger partial charge in [-0.2, -0.15) is 0 Å². The Labute approximate surface area is 92.5 Å². The van der Waals surface area contributed by atoms with E-state index in [1.54, 1.807) is 0 Å². The molecule has 1 aliphatic heterocycles. The van der Waals surface area contributed by atoms with E-state index >= 15 is 0 Å². The third kappa shape index (κ3) is 2.52. The SMILES string of the molecule is CNC1CCC2(CC1)OCC(C)(C)CO2. The molecule has 0 atom stereocenters. The molecule has 0 aromatic heterocycles. The van der Waals surface area contributed by atoms with Crippen LogP contribution in [0.4, 0.5) is 0 Å². The zero-order valence-corrected chi connectivity index (χ0v) is 10.1. The van der Waals surface area contributed by atoms with E-state index in [4.69, 9.17) is 9.47 Å². The van der Waals surface area contributed by atoms with Gasteiger partial charge in [0.1, 0.15) is 0 Å². The molecule has 2 aliphatic rings. The summed E-state index contributed by atoms with van der Waals surface area (Å²) in [6.07, 6.45) is 4.40. The second kappa shape index (κ2) is 4.04. The number of ether oxygens (including phenoxy) is 2. The van der Waals surface area contributed by atoms with Gasteiger partial charge in [-0.1, -0.05) is 13.8 Å². The van der Waals surface area contributed by atoms with E-state index < -0.39 is 0 Å². The van der Waals surface area contributed by atoms with Crippen LogP contribution < -0.4 is 5.32 Å². The van der Waals surface area contributed by atoms with Gasteiger partial charge in [0.2, 0.25) is 0 Å². The predicted octanol–water partition coefficient (Wildman–Crippen LogP) is 1.92. The summed E-state index contributed by atoms with van der Waals surface area (Å²) >= 11 is 0. The normalized spacial score (nSPS) is 30.6. The van der Waals surface area contributed by atoms with Gasteiger partial charge in [0, 0.05) is 24.3 Å². The summed E-state index contributed by atoms with van der Waals surface area (Å²) in [7, 11) is 2.04. The van der Waals surface area contributed by atoms with Gasteiger partial charge in [0.25, 0.3) is 0 Å². The third-order valence-corrected chi connectivity index (χ3v) is 3.61. The maximum absolute atomic E-state index is 5.96. The van der Waals surface area contributed by atoms with Crippen molar-refractivity contribution in [3.63, 3.8) is 0 Å². The van der Waals surface area contributed by atoms with Crippen molar-refractivity contribution >= 4 is 0 Å². The zero-order chi connectivity index (χ0) is 10.9. The average molecular weight is 213 g/mol. The number of hydrogen-bond donors (Lipinski definition) is 1. The first-order valence-corrected chi connectivity index (χ1v) is 6.00. The fraction of sp³-hybridized carbons (Fsp3) is 1.00. The Bertz CT molecular complexity index is 208. The van der Waals surface area contributed by atoms with Gasteiger partial charge in [-0.3, -0.25) is 0 Å². The summed E-state index contributed by atoms with van der Waals surface area (Å²) in [5, 5.41) is 3.33. The van der Waals surface area contributed by atoms with Crippen molar-refractivity contribution in [3.05, 3.63) is 0 Å². The highest BCUT2D eigenvalue weighted by Crippen LogP contribution is 2.38. The standard InChI is InChI=1S/C12H23NO2/c1-11(2)8-14-12(15-9-11)6-4-10(13-3)5-7-12/h10,13H,4-9H2,1-3H3. The van der Waals surface area contributed by atoms with Crippen molar-refractivity contribution in [2.75, 3.05) is 20.3 Å². The minimum Gasteiger partial charge on any atom is -0.349 e. The third-order valence-electron chi connectivity index (χ3n) is 3.61. The molecule has 3 heteroatoms. The highest BCUT2D eigenvalue weighted by Gasteiger charge is 2.42. The Morgan fingerprint density at radius 1 is 1.07 bits per heavy atom. The van der Waals surface area contributed by atoms with Crippen molar-refractivity contribution in [2.24, 2.45) is 5.41 Å². The smallest absolute Gasteiger partial charge is 0.168 e. The van der Waals surface area contributed by atoms with Gasteiger partial charge in [0.05, 0.1) is 13.2 Å². The van der Waals surface area contributed by atoms with Crippen molar-refractivity contribution < 1.29 is 9.47 Å². The van der Waals surface area contributed by atoms with Crippen LogP contribution in [0.15, 0.2) is 0 Å². The van der Waals surface area contributed by atoms with Gasteiger partial charge < -0.3 is 14.8 Å². The van der Waals surface area contributed by atoms with Crippen LogP contribution in [0, 0.1) is 5.41 Å². The van der Waals surface area contributed by atoms with Crippen LogP contribution >= 0.6 is 0 Å². The Morgan fingerprint density at radius 2 is 1.60 bits per heavy atom. The average Bonchev–Trinajstić information content (AvgIpc) is 2.24. The quantitative estimate of drug-likeness (QED) is 0.722. The molecule has 1 heterocycles. The van der Waals surface area contributed by atoms with Gasteiger partial charge in [-0.15, -0.1) is 0 Å². The minimum absolute atomic E-state index is 0.186. The lowest BCUT2D eigenvalue weighted by Gasteiger charge is -2.46. The summed E-state index contributed by atoms with van der Waals surface area (Å²) in [5.41, 5.74) is 0.186. The monoisotopic (exact) mass is 213 g/mol. The summed E-state index contributed by atoms with van der Waals surface area (Å²) in [5.74, 6) is -0.247. The maximum Gasteiger partial charge on any atom is 0.168 e. The van der Waals surface area contributed by atoms with E-state index in [0.717, 1.165) is 38.9 Å². The maximum atomic E-state index is 5.96. The molecular formula is C12H23NO2. The second-order valence-electron chi connectivity index (χ2n) is 5.72. The van der Waals surface area contributed by atoms with Crippen LogP contribution in [0.2, 0.25) is 0 Å². The summed E-state index contributed by atoms with van der Waals surface area (Å²) in [6.45, 7) is 6.05. The minimum atomic E-state index is -0.247. The first kappa shape index (κ1) is 11.4. The topological polar surface area (TPSA) is 30.5 Å². The summed E-state index contributed by atoms with van der Waals surface area (Å²) < 4.78 is 11.9. The van der Waals surface area contributed by atoms with E-state index in [-0.39, 0.29) is 11.2 Å². The molecule has 1 N–H and O–H groups in total. The molecule has 0 amide bonds. The molecule has 15 heavy (non-hydrogen) atoms. The van der Waals surface area contributed by atoms with Gasteiger partial charge in [0.15, 0.2) is 5.79 Å². The summed E-state index contributed by atoms with van der Waals surface area (Å²) in [6, 6.07) is 0.651. The number of nitrogens with one attached hydrogen (secondary N) is 1. The molecule has 1 spiro atoms. The molecule has 1 saturated heterocycles. The number of hydrogen-bond acceptors (Lipinski definition) is 3. The van der Waals surface area contributed by atoms with Crippen molar-refractivity contribution in [3.8, 4) is 0 Å². The van der Waals surface area contributed by atoms with Crippen molar-refractivity contribution in [1.82, 2.24) is 5.32 Å². The zero-order valence-electron chi connectivity index (χ0n) is 10.1. The Hall–Kier alpha value is -0.120. The van der Waals surface area contributed by atoms with Gasteiger partial charge >= 0.3 is 0 Å². The van der Waals surface area contributed by atoms with Crippen LogP contribution in [0.25, 0.3) is 0 Å². The van der Waals surface area contributed by atoms with E-state index in [0.29, 0.717) is 6.04 Å². The first-order chi connectivity index (χ1) is 7.05. The molecule has 2 fully saturated rings. The lowest BCUT2D eigenvalue weighted by molar-refractivity contribution is -0.310. The Balaban J connectivity index is 1.89. The Morgan fingerprint density at radius 3 is 2.07 bits per heavy atom. The Kier molecular flexibility index (Phi) is 3.06. The van der Waals surface area contributed by atoms with Crippen LogP contribution in [-0.4, -0.2) is 32.1 Å². The predicted molar refractivity (Wildman–Crippen MR) is 59.7 cm³/mol. The molecular weight excluding hydrogens is 190 g/mol. The molecule has 0 bridgehead atoms. The largest absolute Gasteiger partial charge is 0.349 e. The molecule has 88 valence electrons. The van der Waals surface area contributed by atoms with Crippen LogP contribution in [0.3, 0.4) is 0 Å². The highest BCUT2D eigenvalue weighted by molar-refractivity contribution is 4.86. The molecule has 0 aromatic rings. The van der Waals surface area contributed by atoms with E-state index in [2.05, 4.69) is 19.2 Å². The van der Waals surface area contributed by atoms with E-state index in [1.807, 2.05) is 7.05 Å². The molecule has 0 aromatic carbocycles. The van der Waals surface area contributed by atoms with Crippen LogP contribution in [0.5, 0.6) is 0 Å². The first-order valence-electron chi connectivity index (χ1n) is 6.00. The lowest BCUT2D eigenvalue weighted by atomic mass is 9.87. The highest BCUT2D eigenvalue weighted by atomic mass is 16.7. The van der Waals surface area contributed by atoms with Gasteiger partial charge in [-0.25, -0.2) is 0 Å². The van der Waals surface area contributed by atoms with Crippen molar-refractivity contribution in [2.45, 2.75) is 51.4 Å². The van der Waals surface area contributed by atoms with Crippen LogP contribution in [-0.2, 0) is 9.47 Å².